The minimum absolute atomic E-state index is 0.174. The molecule has 1 aromatic carbocycles. The van der Waals surface area contributed by atoms with Crippen LogP contribution in [-0.2, 0) is 11.3 Å². The number of carbonyl (C=O) groups excluding carboxylic acids is 1. The van der Waals surface area contributed by atoms with Crippen molar-refractivity contribution in [1.82, 2.24) is 4.90 Å². The maximum atomic E-state index is 11.4. The molecular weight excluding hydrogens is 250 g/mol. The molecule has 1 amide bonds. The first-order valence-electron chi connectivity index (χ1n) is 6.15. The number of nitrogens with zero attached hydrogens (tertiary/aromatic N) is 1. The molecule has 0 radical (unpaired) electrons. The molecule has 1 unspecified atom stereocenters. The van der Waals surface area contributed by atoms with Crippen LogP contribution in [-0.4, -0.2) is 23.4 Å². The number of likely N-dealkylation sites (tertiary alicyclic amines) is 1. The highest BCUT2D eigenvalue weighted by molar-refractivity contribution is 6.31. The molecule has 1 aliphatic heterocycles. The third-order valence-electron chi connectivity index (χ3n) is 3.39. The van der Waals surface area contributed by atoms with Crippen LogP contribution >= 0.6 is 11.6 Å². The smallest absolute Gasteiger partial charge is 0.234 e. The number of carbonyl (C=O) groups is 1. The third-order valence-corrected chi connectivity index (χ3v) is 3.74. The van der Waals surface area contributed by atoms with Crippen LogP contribution in [0.3, 0.4) is 0 Å². The van der Waals surface area contributed by atoms with E-state index < -0.39 is 0 Å². The lowest BCUT2D eigenvalue weighted by atomic mass is 10.0. The first kappa shape index (κ1) is 13.2. The summed E-state index contributed by atoms with van der Waals surface area (Å²) in [6.07, 6.45) is 2.98. The molecule has 2 rings (SSSR count). The van der Waals surface area contributed by atoms with Crippen molar-refractivity contribution in [3.63, 3.8) is 0 Å². The fourth-order valence-electron chi connectivity index (χ4n) is 2.41. The molecular formula is C13H18ClN3O. The normalized spacial score (nSPS) is 20.8. The van der Waals surface area contributed by atoms with Crippen molar-refractivity contribution in [3.8, 4) is 0 Å². The molecule has 4 nitrogen and oxygen atoms in total. The number of amides is 1. The van der Waals surface area contributed by atoms with E-state index in [2.05, 4.69) is 4.90 Å². The van der Waals surface area contributed by atoms with Gasteiger partial charge in [0.2, 0.25) is 5.91 Å². The van der Waals surface area contributed by atoms with E-state index >= 15 is 0 Å². The van der Waals surface area contributed by atoms with Crippen LogP contribution in [0, 0.1) is 0 Å². The van der Waals surface area contributed by atoms with E-state index in [1.165, 1.54) is 0 Å². The summed E-state index contributed by atoms with van der Waals surface area (Å²) in [6.45, 7) is 1.53. The van der Waals surface area contributed by atoms with Crippen molar-refractivity contribution in [1.29, 1.82) is 0 Å². The molecule has 1 atom stereocenters. The second kappa shape index (κ2) is 5.59. The van der Waals surface area contributed by atoms with Crippen molar-refractivity contribution in [3.05, 3.63) is 28.8 Å². The van der Waals surface area contributed by atoms with Crippen LogP contribution in [0.5, 0.6) is 0 Å². The topological polar surface area (TPSA) is 72.4 Å². The first-order valence-corrected chi connectivity index (χ1v) is 6.53. The van der Waals surface area contributed by atoms with E-state index in [0.717, 1.165) is 31.4 Å². The van der Waals surface area contributed by atoms with Gasteiger partial charge < -0.3 is 11.5 Å². The SMILES string of the molecule is NC(=O)C1CCCCN1Cc1ccc(N)cc1Cl. The van der Waals surface area contributed by atoms with E-state index in [1.54, 1.807) is 6.07 Å². The van der Waals surface area contributed by atoms with Gasteiger partial charge in [-0.2, -0.15) is 0 Å². The van der Waals surface area contributed by atoms with Gasteiger partial charge in [-0.3, -0.25) is 9.69 Å². The van der Waals surface area contributed by atoms with Crippen molar-refractivity contribution < 1.29 is 4.79 Å². The van der Waals surface area contributed by atoms with Crippen molar-refractivity contribution in [2.24, 2.45) is 5.73 Å². The van der Waals surface area contributed by atoms with Gasteiger partial charge in [-0.25, -0.2) is 0 Å². The number of nitrogens with two attached hydrogens (primary N) is 2. The number of primary amides is 1. The summed E-state index contributed by atoms with van der Waals surface area (Å²) < 4.78 is 0. The Balaban J connectivity index is 2.13. The standard InChI is InChI=1S/C13H18ClN3O/c14-11-7-10(15)5-4-9(11)8-17-6-2-1-3-12(17)13(16)18/h4-5,7,12H,1-3,6,8,15H2,(H2,16,18). The number of anilines is 1. The van der Waals surface area contributed by atoms with E-state index in [4.69, 9.17) is 23.1 Å². The lowest BCUT2D eigenvalue weighted by molar-refractivity contribution is -0.124. The number of nitrogen functional groups attached to an aromatic ring is 1. The second-order valence-electron chi connectivity index (χ2n) is 4.74. The molecule has 18 heavy (non-hydrogen) atoms. The Morgan fingerprint density at radius 3 is 2.89 bits per heavy atom. The Bertz CT molecular complexity index is 450. The number of halogens is 1. The third kappa shape index (κ3) is 2.94. The Morgan fingerprint density at radius 2 is 2.22 bits per heavy atom. The van der Waals surface area contributed by atoms with Gasteiger partial charge in [0.1, 0.15) is 0 Å². The van der Waals surface area contributed by atoms with Crippen LogP contribution in [0.2, 0.25) is 5.02 Å². The predicted molar refractivity (Wildman–Crippen MR) is 73.1 cm³/mol. The Morgan fingerprint density at radius 1 is 1.44 bits per heavy atom. The van der Waals surface area contributed by atoms with Gasteiger partial charge in [0, 0.05) is 17.3 Å². The summed E-state index contributed by atoms with van der Waals surface area (Å²) in [6, 6.07) is 5.29. The largest absolute Gasteiger partial charge is 0.399 e. The van der Waals surface area contributed by atoms with Crippen LogP contribution < -0.4 is 11.5 Å². The molecule has 1 fully saturated rings. The van der Waals surface area contributed by atoms with E-state index in [1.807, 2.05) is 12.1 Å². The fraction of sp³-hybridized carbons (Fsp3) is 0.462. The van der Waals surface area contributed by atoms with Gasteiger partial charge >= 0.3 is 0 Å². The number of hydrogen-bond acceptors (Lipinski definition) is 3. The highest BCUT2D eigenvalue weighted by atomic mass is 35.5. The molecule has 0 spiro atoms. The molecule has 1 aliphatic rings. The van der Waals surface area contributed by atoms with Gasteiger partial charge in [0.15, 0.2) is 0 Å². The van der Waals surface area contributed by atoms with Gasteiger partial charge in [-0.1, -0.05) is 24.1 Å². The summed E-state index contributed by atoms with van der Waals surface area (Å²) in [5.74, 6) is -0.249. The summed E-state index contributed by atoms with van der Waals surface area (Å²) in [5, 5.41) is 0.642. The number of hydrogen-bond donors (Lipinski definition) is 2. The quantitative estimate of drug-likeness (QED) is 0.820. The molecule has 1 heterocycles. The maximum absolute atomic E-state index is 11.4. The minimum atomic E-state index is -0.249. The Kier molecular flexibility index (Phi) is 4.09. The van der Waals surface area contributed by atoms with Gasteiger partial charge in [0.05, 0.1) is 6.04 Å². The Labute approximate surface area is 112 Å². The molecule has 1 aromatic rings. The first-order chi connectivity index (χ1) is 8.58. The monoisotopic (exact) mass is 267 g/mol. The average Bonchev–Trinajstić information content (AvgIpc) is 2.33. The molecule has 0 aliphatic carbocycles. The van der Waals surface area contributed by atoms with Crippen LogP contribution in [0.4, 0.5) is 5.69 Å². The predicted octanol–water partition coefficient (Wildman–Crippen LogP) is 1.76. The minimum Gasteiger partial charge on any atom is -0.399 e. The maximum Gasteiger partial charge on any atom is 0.234 e. The molecule has 0 aromatic heterocycles. The molecule has 0 saturated carbocycles. The Hall–Kier alpha value is -1.26. The van der Waals surface area contributed by atoms with Gasteiger partial charge in [-0.05, 0) is 37.1 Å². The summed E-state index contributed by atoms with van der Waals surface area (Å²) in [5.41, 5.74) is 12.7. The average molecular weight is 268 g/mol. The van der Waals surface area contributed by atoms with Gasteiger partial charge in [-0.15, -0.1) is 0 Å². The molecule has 5 heteroatoms. The van der Waals surface area contributed by atoms with E-state index in [0.29, 0.717) is 17.3 Å². The van der Waals surface area contributed by atoms with Crippen LogP contribution in [0.15, 0.2) is 18.2 Å². The lowest BCUT2D eigenvalue weighted by Gasteiger charge is -2.33. The zero-order chi connectivity index (χ0) is 13.1. The number of benzene rings is 1. The molecule has 4 N–H and O–H groups in total. The van der Waals surface area contributed by atoms with Crippen LogP contribution in [0.1, 0.15) is 24.8 Å². The van der Waals surface area contributed by atoms with E-state index in [-0.39, 0.29) is 11.9 Å². The zero-order valence-electron chi connectivity index (χ0n) is 10.2. The molecule has 1 saturated heterocycles. The number of piperidine rings is 1. The highest BCUT2D eigenvalue weighted by Gasteiger charge is 2.27. The lowest BCUT2D eigenvalue weighted by Crippen LogP contribution is -2.47. The van der Waals surface area contributed by atoms with E-state index in [9.17, 15) is 4.79 Å². The summed E-state index contributed by atoms with van der Waals surface area (Å²) >= 11 is 6.15. The fourth-order valence-corrected chi connectivity index (χ4v) is 2.66. The highest BCUT2D eigenvalue weighted by Crippen LogP contribution is 2.24. The second-order valence-corrected chi connectivity index (χ2v) is 5.14. The number of rotatable bonds is 3. The van der Waals surface area contributed by atoms with Crippen molar-refractivity contribution in [2.45, 2.75) is 31.8 Å². The molecule has 0 bridgehead atoms. The van der Waals surface area contributed by atoms with Gasteiger partial charge in [0.25, 0.3) is 0 Å². The summed E-state index contributed by atoms with van der Waals surface area (Å²) in [4.78, 5) is 13.5. The zero-order valence-corrected chi connectivity index (χ0v) is 11.0. The van der Waals surface area contributed by atoms with Crippen LogP contribution in [0.25, 0.3) is 0 Å². The van der Waals surface area contributed by atoms with Crippen molar-refractivity contribution in [2.75, 3.05) is 12.3 Å². The summed E-state index contributed by atoms with van der Waals surface area (Å²) in [7, 11) is 0. The molecule has 98 valence electrons. The van der Waals surface area contributed by atoms with Crippen molar-refractivity contribution >= 4 is 23.2 Å².